The number of rotatable bonds is 5. The number of carbonyl (C=O) groups is 2. The fourth-order valence-corrected chi connectivity index (χ4v) is 2.86. The molecule has 1 aromatic rings. The maximum Gasteiger partial charge on any atom is 0.471 e. The summed E-state index contributed by atoms with van der Waals surface area (Å²) in [6.07, 6.45) is -3.55. The molecule has 26 heavy (non-hydrogen) atoms. The van der Waals surface area contributed by atoms with Crippen molar-refractivity contribution in [2.24, 2.45) is 11.7 Å². The Balaban J connectivity index is 0.00000338. The van der Waals surface area contributed by atoms with E-state index in [0.717, 1.165) is 10.5 Å². The van der Waals surface area contributed by atoms with Crippen molar-refractivity contribution >= 4 is 24.2 Å². The minimum atomic E-state index is -4.83. The monoisotopic (exact) mass is 393 g/mol. The summed E-state index contributed by atoms with van der Waals surface area (Å²) in [5, 5.41) is 2.76. The molecule has 1 aromatic carbocycles. The van der Waals surface area contributed by atoms with Crippen LogP contribution in [0.25, 0.3) is 0 Å². The molecule has 0 bridgehead atoms. The van der Waals surface area contributed by atoms with E-state index in [2.05, 4.69) is 5.32 Å². The van der Waals surface area contributed by atoms with E-state index in [1.807, 2.05) is 30.3 Å². The molecular weight excluding hydrogens is 371 g/mol. The summed E-state index contributed by atoms with van der Waals surface area (Å²) in [7, 11) is 0. The van der Waals surface area contributed by atoms with Crippen molar-refractivity contribution in [2.75, 3.05) is 19.6 Å². The topological polar surface area (TPSA) is 75.4 Å². The summed E-state index contributed by atoms with van der Waals surface area (Å²) >= 11 is 0. The van der Waals surface area contributed by atoms with Gasteiger partial charge >= 0.3 is 12.1 Å². The van der Waals surface area contributed by atoms with E-state index in [-0.39, 0.29) is 37.3 Å². The average molecular weight is 394 g/mol. The highest BCUT2D eigenvalue weighted by Gasteiger charge is 2.43. The van der Waals surface area contributed by atoms with Crippen molar-refractivity contribution in [3.05, 3.63) is 35.9 Å². The summed E-state index contributed by atoms with van der Waals surface area (Å²) in [4.78, 5) is 24.0. The highest BCUT2D eigenvalue weighted by atomic mass is 35.5. The van der Waals surface area contributed by atoms with E-state index in [0.29, 0.717) is 25.8 Å². The molecule has 9 heteroatoms. The predicted octanol–water partition coefficient (Wildman–Crippen LogP) is 1.90. The standard InChI is InChI=1S/C17H22F3N3O2.ClH/c18-17(19,20)16(25)23-8-6-13(7-9-23)11-22-15(24)14(21)10-12-4-2-1-3-5-12;/h1-5,13-14H,6-11,21H2,(H,22,24);1H/t14-;/m0./s1. The Labute approximate surface area is 156 Å². The van der Waals surface area contributed by atoms with Gasteiger partial charge in [-0.1, -0.05) is 30.3 Å². The van der Waals surface area contributed by atoms with Gasteiger partial charge in [0.05, 0.1) is 6.04 Å². The van der Waals surface area contributed by atoms with Crippen LogP contribution in [-0.2, 0) is 16.0 Å². The average Bonchev–Trinajstić information content (AvgIpc) is 2.59. The number of hydrogen-bond acceptors (Lipinski definition) is 3. The van der Waals surface area contributed by atoms with Gasteiger partial charge in [0, 0.05) is 19.6 Å². The van der Waals surface area contributed by atoms with Crippen LogP contribution in [0.15, 0.2) is 30.3 Å². The van der Waals surface area contributed by atoms with Crippen LogP contribution < -0.4 is 11.1 Å². The van der Waals surface area contributed by atoms with Crippen molar-refractivity contribution in [2.45, 2.75) is 31.5 Å². The molecule has 0 radical (unpaired) electrons. The molecule has 1 aliphatic heterocycles. The lowest BCUT2D eigenvalue weighted by Crippen LogP contribution is -2.48. The Kier molecular flexibility index (Phi) is 8.36. The van der Waals surface area contributed by atoms with Gasteiger partial charge in [0.25, 0.3) is 0 Å². The zero-order valence-corrected chi connectivity index (χ0v) is 15.0. The number of nitrogens with two attached hydrogens (primary N) is 1. The van der Waals surface area contributed by atoms with Crippen LogP contribution in [0.5, 0.6) is 0 Å². The third kappa shape index (κ3) is 6.49. The first-order chi connectivity index (χ1) is 11.8. The van der Waals surface area contributed by atoms with Gasteiger partial charge in [0.15, 0.2) is 0 Å². The number of nitrogens with zero attached hydrogens (tertiary/aromatic N) is 1. The smallest absolute Gasteiger partial charge is 0.354 e. The molecule has 0 aromatic heterocycles. The summed E-state index contributed by atoms with van der Waals surface area (Å²) in [6.45, 7) is 0.458. The van der Waals surface area contributed by atoms with Crippen LogP contribution in [-0.4, -0.2) is 48.6 Å². The minimum Gasteiger partial charge on any atom is -0.354 e. The Hall–Kier alpha value is -1.80. The second-order valence-electron chi connectivity index (χ2n) is 6.27. The molecule has 146 valence electrons. The van der Waals surface area contributed by atoms with Gasteiger partial charge in [-0.3, -0.25) is 9.59 Å². The molecule has 2 amide bonds. The van der Waals surface area contributed by atoms with E-state index in [1.165, 1.54) is 0 Å². The Morgan fingerprint density at radius 1 is 1.19 bits per heavy atom. The lowest BCUT2D eigenvalue weighted by molar-refractivity contribution is -0.186. The van der Waals surface area contributed by atoms with Crippen LogP contribution in [0, 0.1) is 5.92 Å². The van der Waals surface area contributed by atoms with Crippen LogP contribution in [0.4, 0.5) is 13.2 Å². The van der Waals surface area contributed by atoms with Crippen molar-refractivity contribution in [1.82, 2.24) is 10.2 Å². The lowest BCUT2D eigenvalue weighted by atomic mass is 9.96. The molecule has 0 unspecified atom stereocenters. The lowest BCUT2D eigenvalue weighted by Gasteiger charge is -2.32. The molecule has 1 fully saturated rings. The SMILES string of the molecule is Cl.N[C@@H](Cc1ccccc1)C(=O)NCC1CCN(C(=O)C(F)(F)F)CC1. The maximum atomic E-state index is 12.4. The second kappa shape index (κ2) is 9.78. The van der Waals surface area contributed by atoms with Gasteiger partial charge in [0.1, 0.15) is 0 Å². The maximum absolute atomic E-state index is 12.4. The number of likely N-dealkylation sites (tertiary alicyclic amines) is 1. The van der Waals surface area contributed by atoms with Crippen molar-refractivity contribution in [3.63, 3.8) is 0 Å². The summed E-state index contributed by atoms with van der Waals surface area (Å²) in [6, 6.07) is 8.73. The molecular formula is C17H23ClF3N3O2. The van der Waals surface area contributed by atoms with Crippen LogP contribution in [0.2, 0.25) is 0 Å². The normalized spacial score (nSPS) is 16.5. The van der Waals surface area contributed by atoms with Gasteiger partial charge in [-0.05, 0) is 30.7 Å². The highest BCUT2D eigenvalue weighted by molar-refractivity contribution is 5.85. The van der Waals surface area contributed by atoms with Gasteiger partial charge in [-0.15, -0.1) is 12.4 Å². The molecule has 1 heterocycles. The number of piperidine rings is 1. The fourth-order valence-electron chi connectivity index (χ4n) is 2.86. The number of nitrogens with one attached hydrogen (secondary N) is 1. The fraction of sp³-hybridized carbons (Fsp3) is 0.529. The van der Waals surface area contributed by atoms with E-state index in [1.54, 1.807) is 0 Å². The molecule has 2 rings (SSSR count). The van der Waals surface area contributed by atoms with Crippen molar-refractivity contribution in [1.29, 1.82) is 0 Å². The van der Waals surface area contributed by atoms with E-state index >= 15 is 0 Å². The first-order valence-electron chi connectivity index (χ1n) is 8.20. The first kappa shape index (κ1) is 22.2. The Morgan fingerprint density at radius 3 is 2.31 bits per heavy atom. The minimum absolute atomic E-state index is 0. The first-order valence-corrected chi connectivity index (χ1v) is 8.20. The number of alkyl halides is 3. The molecule has 3 N–H and O–H groups in total. The van der Waals surface area contributed by atoms with E-state index in [9.17, 15) is 22.8 Å². The van der Waals surface area contributed by atoms with Crippen LogP contribution >= 0.6 is 12.4 Å². The number of hydrogen-bond donors (Lipinski definition) is 2. The summed E-state index contributed by atoms with van der Waals surface area (Å²) in [5.74, 6) is -2.03. The zero-order valence-electron chi connectivity index (χ0n) is 14.2. The summed E-state index contributed by atoms with van der Waals surface area (Å²) < 4.78 is 37.2. The van der Waals surface area contributed by atoms with Crippen molar-refractivity contribution in [3.8, 4) is 0 Å². The van der Waals surface area contributed by atoms with E-state index in [4.69, 9.17) is 5.73 Å². The molecule has 1 saturated heterocycles. The van der Waals surface area contributed by atoms with Gasteiger partial charge in [0.2, 0.25) is 5.91 Å². The number of benzene rings is 1. The molecule has 0 saturated carbocycles. The molecule has 0 spiro atoms. The summed E-state index contributed by atoms with van der Waals surface area (Å²) in [5.41, 5.74) is 6.85. The number of amides is 2. The third-order valence-electron chi connectivity index (χ3n) is 4.34. The van der Waals surface area contributed by atoms with Gasteiger partial charge in [-0.25, -0.2) is 0 Å². The van der Waals surface area contributed by atoms with Gasteiger partial charge < -0.3 is 16.0 Å². The van der Waals surface area contributed by atoms with E-state index < -0.39 is 18.1 Å². The Bertz CT molecular complexity index is 591. The number of carbonyl (C=O) groups excluding carboxylic acids is 2. The third-order valence-corrected chi connectivity index (χ3v) is 4.34. The quantitative estimate of drug-likeness (QED) is 0.802. The molecule has 1 atom stereocenters. The highest BCUT2D eigenvalue weighted by Crippen LogP contribution is 2.23. The Morgan fingerprint density at radius 2 is 1.77 bits per heavy atom. The largest absolute Gasteiger partial charge is 0.471 e. The number of halogens is 4. The molecule has 5 nitrogen and oxygen atoms in total. The van der Waals surface area contributed by atoms with Crippen LogP contribution in [0.3, 0.4) is 0 Å². The molecule has 0 aliphatic carbocycles. The van der Waals surface area contributed by atoms with Crippen molar-refractivity contribution < 1.29 is 22.8 Å². The molecule has 1 aliphatic rings. The predicted molar refractivity (Wildman–Crippen MR) is 93.7 cm³/mol. The van der Waals surface area contributed by atoms with Crippen LogP contribution in [0.1, 0.15) is 18.4 Å². The second-order valence-corrected chi connectivity index (χ2v) is 6.27. The van der Waals surface area contributed by atoms with Gasteiger partial charge in [-0.2, -0.15) is 13.2 Å². The zero-order chi connectivity index (χ0) is 18.4.